The maximum absolute atomic E-state index is 6.25. The Morgan fingerprint density at radius 2 is 2.00 bits per heavy atom. The van der Waals surface area contributed by atoms with E-state index in [1.807, 2.05) is 26.1 Å². The number of aromatic amines is 1. The van der Waals surface area contributed by atoms with Gasteiger partial charge in [-0.2, -0.15) is 0 Å². The first kappa shape index (κ1) is 15.4. The molecule has 3 aromatic heterocycles. The molecule has 3 rings (SSSR count). The molecule has 0 amide bonds. The summed E-state index contributed by atoms with van der Waals surface area (Å²) in [4.78, 5) is 15.9. The molecular weight excluding hydrogens is 341 g/mol. The number of H-pyrrole nitrogens is 1. The Bertz CT molecular complexity index is 828. The van der Waals surface area contributed by atoms with E-state index in [4.69, 9.17) is 28.9 Å². The van der Waals surface area contributed by atoms with Gasteiger partial charge in [-0.05, 0) is 25.5 Å². The lowest BCUT2D eigenvalue weighted by Crippen LogP contribution is -1.98. The third-order valence-corrected chi connectivity index (χ3v) is 4.70. The molecule has 8 heteroatoms. The molecule has 114 valence electrons. The number of hydrogen-bond acceptors (Lipinski definition) is 5. The number of pyridine rings is 1. The quantitative estimate of drug-likeness (QED) is 0.315. The van der Waals surface area contributed by atoms with Crippen LogP contribution in [-0.4, -0.2) is 19.9 Å². The molecule has 3 N–H and O–H groups in total. The molecule has 3 heterocycles. The van der Waals surface area contributed by atoms with Gasteiger partial charge in [0.1, 0.15) is 11.0 Å². The minimum absolute atomic E-state index is 0.00840. The normalized spacial score (nSPS) is 12.7. The molecule has 0 saturated carbocycles. The topological polar surface area (TPSA) is 80.5 Å². The second-order valence-corrected chi connectivity index (χ2v) is 6.94. The molecule has 0 spiro atoms. The first-order valence-electron chi connectivity index (χ1n) is 6.55. The molecule has 5 nitrogen and oxygen atoms in total. The molecule has 1 atom stereocenters. The van der Waals surface area contributed by atoms with Crippen molar-refractivity contribution in [3.8, 4) is 0 Å². The Morgan fingerprint density at radius 3 is 2.73 bits per heavy atom. The van der Waals surface area contributed by atoms with Crippen LogP contribution < -0.4 is 5.73 Å². The number of hydrogen-bond donors (Lipinski definition) is 2. The van der Waals surface area contributed by atoms with Crippen LogP contribution in [0.15, 0.2) is 23.5 Å². The third-order valence-electron chi connectivity index (χ3n) is 3.25. The van der Waals surface area contributed by atoms with Gasteiger partial charge >= 0.3 is 0 Å². The van der Waals surface area contributed by atoms with Gasteiger partial charge in [0.15, 0.2) is 10.3 Å². The lowest BCUT2D eigenvalue weighted by molar-refractivity contribution is 0.947. The maximum atomic E-state index is 6.25. The summed E-state index contributed by atoms with van der Waals surface area (Å²) in [6.07, 6.45) is 1.92. The Labute approximate surface area is 141 Å². The van der Waals surface area contributed by atoms with Crippen LogP contribution in [0.5, 0.6) is 0 Å². The van der Waals surface area contributed by atoms with Crippen molar-refractivity contribution in [2.75, 3.05) is 5.73 Å². The summed E-state index contributed by atoms with van der Waals surface area (Å²) in [5.41, 5.74) is 8.52. The van der Waals surface area contributed by atoms with Crippen LogP contribution in [0, 0.1) is 6.92 Å². The number of rotatable bonds is 3. The molecule has 1 unspecified atom stereocenters. The average molecular weight is 354 g/mol. The molecule has 0 radical (unpaired) electrons. The van der Waals surface area contributed by atoms with Gasteiger partial charge in [0.25, 0.3) is 0 Å². The smallest absolute Gasteiger partial charge is 0.191 e. The molecular formula is C14H13Cl2N5S. The van der Waals surface area contributed by atoms with Crippen LogP contribution in [0.2, 0.25) is 10.3 Å². The number of fused-ring (bicyclic) bond motifs is 1. The van der Waals surface area contributed by atoms with E-state index in [9.17, 15) is 0 Å². The number of nitrogens with zero attached hydrogens (tertiary/aromatic N) is 3. The summed E-state index contributed by atoms with van der Waals surface area (Å²) in [6.45, 7) is 4.04. The van der Waals surface area contributed by atoms with E-state index in [0.29, 0.717) is 21.3 Å². The highest BCUT2D eigenvalue weighted by Gasteiger charge is 2.16. The highest BCUT2D eigenvalue weighted by molar-refractivity contribution is 7.99. The number of anilines is 1. The van der Waals surface area contributed by atoms with Crippen molar-refractivity contribution in [2.45, 2.75) is 24.3 Å². The van der Waals surface area contributed by atoms with Crippen molar-refractivity contribution < 1.29 is 0 Å². The van der Waals surface area contributed by atoms with E-state index in [1.54, 1.807) is 0 Å². The van der Waals surface area contributed by atoms with Crippen LogP contribution >= 0.6 is 35.0 Å². The largest absolute Gasteiger partial charge is 0.384 e. The van der Waals surface area contributed by atoms with Crippen molar-refractivity contribution in [3.05, 3.63) is 39.9 Å². The number of aryl methyl sites for hydroxylation is 1. The fraction of sp³-hybridized carbons (Fsp3) is 0.214. The predicted molar refractivity (Wildman–Crippen MR) is 91.6 cm³/mol. The Kier molecular flexibility index (Phi) is 4.16. The van der Waals surface area contributed by atoms with E-state index in [0.717, 1.165) is 22.2 Å². The van der Waals surface area contributed by atoms with Crippen molar-refractivity contribution in [3.63, 3.8) is 0 Å². The van der Waals surface area contributed by atoms with E-state index in [2.05, 4.69) is 19.9 Å². The molecule has 0 bridgehead atoms. The van der Waals surface area contributed by atoms with Crippen LogP contribution in [0.25, 0.3) is 10.9 Å². The van der Waals surface area contributed by atoms with E-state index in [1.165, 1.54) is 17.8 Å². The zero-order chi connectivity index (χ0) is 15.9. The van der Waals surface area contributed by atoms with E-state index < -0.39 is 0 Å². The van der Waals surface area contributed by atoms with Gasteiger partial charge in [0.05, 0.1) is 16.5 Å². The summed E-state index contributed by atoms with van der Waals surface area (Å²) < 4.78 is 0. The molecule has 3 aromatic rings. The molecule has 0 aromatic carbocycles. The minimum atomic E-state index is 0.00840. The van der Waals surface area contributed by atoms with Crippen LogP contribution in [-0.2, 0) is 0 Å². The molecule has 0 aliphatic heterocycles. The maximum Gasteiger partial charge on any atom is 0.191 e. The van der Waals surface area contributed by atoms with Gasteiger partial charge in [-0.3, -0.25) is 0 Å². The van der Waals surface area contributed by atoms with Gasteiger partial charge in [-0.1, -0.05) is 35.0 Å². The third kappa shape index (κ3) is 2.99. The first-order valence-corrected chi connectivity index (χ1v) is 8.18. The molecule has 22 heavy (non-hydrogen) atoms. The van der Waals surface area contributed by atoms with Crippen molar-refractivity contribution >= 4 is 51.7 Å². The monoisotopic (exact) mass is 353 g/mol. The Hall–Kier alpha value is -1.50. The van der Waals surface area contributed by atoms with Gasteiger partial charge in [0, 0.05) is 17.6 Å². The van der Waals surface area contributed by atoms with Gasteiger partial charge in [-0.15, -0.1) is 0 Å². The average Bonchev–Trinajstić information content (AvgIpc) is 2.80. The number of nitrogen functional groups attached to an aromatic ring is 1. The van der Waals surface area contributed by atoms with Crippen LogP contribution in [0.4, 0.5) is 5.82 Å². The van der Waals surface area contributed by atoms with Gasteiger partial charge in [-0.25, -0.2) is 15.0 Å². The summed E-state index contributed by atoms with van der Waals surface area (Å²) >= 11 is 13.6. The summed E-state index contributed by atoms with van der Waals surface area (Å²) in [7, 11) is 0. The number of aromatic nitrogens is 4. The predicted octanol–water partition coefficient (Wildman–Crippen LogP) is 4.40. The number of nitrogens with two attached hydrogens (primary N) is 1. The van der Waals surface area contributed by atoms with Crippen molar-refractivity contribution in [1.29, 1.82) is 0 Å². The summed E-state index contributed by atoms with van der Waals surface area (Å²) in [5, 5.41) is 2.37. The highest BCUT2D eigenvalue weighted by atomic mass is 35.5. The van der Waals surface area contributed by atoms with Gasteiger partial charge in [0.2, 0.25) is 0 Å². The number of thioether (sulfide) groups is 1. The molecule has 0 aliphatic rings. The number of nitrogens with one attached hydrogen (secondary N) is 1. The summed E-state index contributed by atoms with van der Waals surface area (Å²) in [5.74, 6) is 0.345. The Morgan fingerprint density at radius 1 is 1.23 bits per heavy atom. The lowest BCUT2D eigenvalue weighted by Gasteiger charge is -2.11. The van der Waals surface area contributed by atoms with Crippen LogP contribution in [0.3, 0.4) is 0 Å². The van der Waals surface area contributed by atoms with Crippen molar-refractivity contribution in [1.82, 2.24) is 19.9 Å². The first-order chi connectivity index (χ1) is 10.4. The van der Waals surface area contributed by atoms with Crippen molar-refractivity contribution in [2.24, 2.45) is 0 Å². The second kappa shape index (κ2) is 5.95. The Balaban J connectivity index is 1.94. The van der Waals surface area contributed by atoms with E-state index in [-0.39, 0.29) is 5.25 Å². The molecule has 0 aliphatic carbocycles. The van der Waals surface area contributed by atoms with Gasteiger partial charge < -0.3 is 10.7 Å². The standard InChI is InChI=1S/C14H13Cl2N5S/c1-6-5-18-12-8(6)3-9(19-13(12)16)7(2)22-14-20-10(15)4-11(17)21-14/h3-5,7,18H,1-2H3,(H2,17,20,21). The minimum Gasteiger partial charge on any atom is -0.384 e. The zero-order valence-corrected chi connectivity index (χ0v) is 14.2. The number of halogens is 2. The zero-order valence-electron chi connectivity index (χ0n) is 11.9. The molecule has 0 fully saturated rings. The second-order valence-electron chi connectivity index (χ2n) is 4.89. The fourth-order valence-electron chi connectivity index (χ4n) is 2.13. The van der Waals surface area contributed by atoms with Crippen LogP contribution in [0.1, 0.15) is 23.4 Å². The SMILES string of the molecule is Cc1c[nH]c2c(Cl)nc(C(C)Sc3nc(N)cc(Cl)n3)cc12. The fourth-order valence-corrected chi connectivity index (χ4v) is 3.49. The summed E-state index contributed by atoms with van der Waals surface area (Å²) in [6, 6.07) is 3.54. The highest BCUT2D eigenvalue weighted by Crippen LogP contribution is 2.35. The van der Waals surface area contributed by atoms with E-state index >= 15 is 0 Å². The lowest BCUT2D eigenvalue weighted by atomic mass is 10.2. The molecule has 0 saturated heterocycles.